The number of aliphatic carboxylic acids is 2. The minimum atomic E-state index is -1.68. The van der Waals surface area contributed by atoms with E-state index in [2.05, 4.69) is 10.6 Å². The molecular weight excluding hydrogens is 432 g/mol. The molecule has 180 valence electrons. The molecule has 0 radical (unpaired) electrons. The molecule has 0 aliphatic carbocycles. The van der Waals surface area contributed by atoms with E-state index in [0.29, 0.717) is 0 Å². The molecule has 15 nitrogen and oxygen atoms in total. The highest BCUT2D eigenvalue weighted by molar-refractivity contribution is 5.95. The molecule has 0 aromatic heterocycles. The van der Waals surface area contributed by atoms with Gasteiger partial charge in [0.25, 0.3) is 0 Å². The van der Waals surface area contributed by atoms with Gasteiger partial charge >= 0.3 is 11.9 Å². The Morgan fingerprint density at radius 1 is 0.750 bits per heavy atom. The fourth-order valence-electron chi connectivity index (χ4n) is 2.29. The Morgan fingerprint density at radius 2 is 1.22 bits per heavy atom. The quantitative estimate of drug-likeness (QED) is 0.117. The molecule has 0 saturated heterocycles. The number of carboxylic acid groups (broad SMARTS) is 2. The van der Waals surface area contributed by atoms with Crippen molar-refractivity contribution < 1.29 is 43.8 Å². The van der Waals surface area contributed by atoms with Gasteiger partial charge in [0, 0.05) is 12.8 Å². The summed E-state index contributed by atoms with van der Waals surface area (Å²) in [7, 11) is 0. The Kier molecular flexibility index (Phi) is 11.9. The average molecular weight is 460 g/mol. The highest BCUT2D eigenvalue weighted by atomic mass is 16.4. The maximum atomic E-state index is 12.6. The van der Waals surface area contributed by atoms with Gasteiger partial charge in [0.15, 0.2) is 0 Å². The van der Waals surface area contributed by atoms with E-state index < -0.39 is 72.1 Å². The van der Waals surface area contributed by atoms with Crippen LogP contribution in [-0.2, 0) is 33.6 Å². The van der Waals surface area contributed by atoms with E-state index in [1.165, 1.54) is 0 Å². The summed E-state index contributed by atoms with van der Waals surface area (Å²) in [6.45, 7) is 1.13. The first kappa shape index (κ1) is 28.2. The first-order chi connectivity index (χ1) is 14.7. The van der Waals surface area contributed by atoms with Crippen LogP contribution in [0.3, 0.4) is 0 Å². The maximum absolute atomic E-state index is 12.6. The molecule has 0 rings (SSSR count). The SMILES string of the molecule is CC(NC(=O)C(CC(=O)O)NC(=O)C(CCC(N)=O)NC(=O)C(N)CCC(N)=O)C(=O)O. The zero-order valence-electron chi connectivity index (χ0n) is 17.3. The van der Waals surface area contributed by atoms with E-state index in [4.69, 9.17) is 27.4 Å². The number of rotatable bonds is 15. The van der Waals surface area contributed by atoms with Crippen molar-refractivity contribution >= 4 is 41.5 Å². The predicted molar refractivity (Wildman–Crippen MR) is 106 cm³/mol. The molecule has 0 aliphatic rings. The van der Waals surface area contributed by atoms with E-state index in [0.717, 1.165) is 6.92 Å². The summed E-state index contributed by atoms with van der Waals surface area (Å²) in [6, 6.07) is -5.71. The molecule has 0 saturated carbocycles. The fraction of sp³-hybridized carbons (Fsp3) is 0.588. The van der Waals surface area contributed by atoms with E-state index in [1.807, 2.05) is 5.32 Å². The summed E-state index contributed by atoms with van der Waals surface area (Å²) >= 11 is 0. The number of carboxylic acids is 2. The number of hydrogen-bond acceptors (Lipinski definition) is 8. The summed E-state index contributed by atoms with van der Waals surface area (Å²) < 4.78 is 0. The van der Waals surface area contributed by atoms with E-state index in [1.54, 1.807) is 0 Å². The lowest BCUT2D eigenvalue weighted by Crippen LogP contribution is -2.57. The average Bonchev–Trinajstić information content (AvgIpc) is 2.67. The number of amides is 5. The monoisotopic (exact) mass is 460 g/mol. The molecule has 15 heteroatoms. The molecule has 0 aromatic rings. The minimum absolute atomic E-state index is 0.123. The number of nitrogens with two attached hydrogens (primary N) is 3. The largest absolute Gasteiger partial charge is 0.481 e. The van der Waals surface area contributed by atoms with Crippen LogP contribution < -0.4 is 33.2 Å². The maximum Gasteiger partial charge on any atom is 0.325 e. The highest BCUT2D eigenvalue weighted by Gasteiger charge is 2.30. The van der Waals surface area contributed by atoms with Crippen LogP contribution in [0.1, 0.15) is 39.0 Å². The van der Waals surface area contributed by atoms with Crippen LogP contribution in [0.25, 0.3) is 0 Å². The van der Waals surface area contributed by atoms with Gasteiger partial charge in [0.1, 0.15) is 18.1 Å². The Balaban J connectivity index is 5.41. The molecular formula is C17H28N6O9. The van der Waals surface area contributed by atoms with Crippen molar-refractivity contribution in [1.82, 2.24) is 16.0 Å². The number of hydrogen-bond donors (Lipinski definition) is 8. The highest BCUT2D eigenvalue weighted by Crippen LogP contribution is 2.03. The normalized spacial score (nSPS) is 14.2. The van der Waals surface area contributed by atoms with Crippen molar-refractivity contribution in [1.29, 1.82) is 0 Å². The fourth-order valence-corrected chi connectivity index (χ4v) is 2.29. The molecule has 0 spiro atoms. The number of nitrogens with one attached hydrogen (secondary N) is 3. The van der Waals surface area contributed by atoms with Crippen molar-refractivity contribution in [3.8, 4) is 0 Å². The van der Waals surface area contributed by atoms with Gasteiger partial charge in [-0.3, -0.25) is 33.6 Å². The van der Waals surface area contributed by atoms with Gasteiger partial charge in [-0.05, 0) is 19.8 Å². The van der Waals surface area contributed by atoms with Gasteiger partial charge in [-0.2, -0.15) is 0 Å². The summed E-state index contributed by atoms with van der Waals surface area (Å²) in [5, 5.41) is 24.2. The molecule has 32 heavy (non-hydrogen) atoms. The van der Waals surface area contributed by atoms with Crippen molar-refractivity contribution in [2.45, 2.75) is 63.2 Å². The molecule has 0 bridgehead atoms. The lowest BCUT2D eigenvalue weighted by atomic mass is 10.1. The van der Waals surface area contributed by atoms with Crippen molar-refractivity contribution in [2.75, 3.05) is 0 Å². The Morgan fingerprint density at radius 3 is 1.69 bits per heavy atom. The van der Waals surface area contributed by atoms with Crippen molar-refractivity contribution in [3.63, 3.8) is 0 Å². The van der Waals surface area contributed by atoms with Gasteiger partial charge in [-0.1, -0.05) is 0 Å². The van der Waals surface area contributed by atoms with Crippen LogP contribution in [0.2, 0.25) is 0 Å². The zero-order chi connectivity index (χ0) is 25.0. The smallest absolute Gasteiger partial charge is 0.325 e. The third-order valence-electron chi connectivity index (χ3n) is 4.09. The van der Waals surface area contributed by atoms with Gasteiger partial charge in [-0.15, -0.1) is 0 Å². The topological polar surface area (TPSA) is 274 Å². The Hall–Kier alpha value is -3.75. The Labute approximate surface area is 182 Å². The molecule has 0 fully saturated rings. The summed E-state index contributed by atoms with van der Waals surface area (Å²) in [6.07, 6.45) is -1.86. The Bertz CT molecular complexity index is 757. The number of carbonyl (C=O) groups is 7. The molecule has 11 N–H and O–H groups in total. The minimum Gasteiger partial charge on any atom is -0.481 e. The predicted octanol–water partition coefficient (Wildman–Crippen LogP) is -4.12. The van der Waals surface area contributed by atoms with E-state index in [9.17, 15) is 33.6 Å². The lowest BCUT2D eigenvalue weighted by molar-refractivity contribution is -0.143. The van der Waals surface area contributed by atoms with Crippen LogP contribution in [0.4, 0.5) is 0 Å². The molecule has 4 atom stereocenters. The standard InChI is InChI=1S/C17H28N6O9/c1-7(17(31)32)21-16(30)10(6-13(26)27)23-15(29)9(3-5-12(20)25)22-14(28)8(18)2-4-11(19)24/h7-10H,2-6,18H2,1H3,(H2,19,24)(H2,20,25)(H,21,30)(H,22,28)(H,23,29)(H,26,27)(H,31,32). The van der Waals surface area contributed by atoms with Crippen LogP contribution in [0, 0.1) is 0 Å². The lowest BCUT2D eigenvalue weighted by Gasteiger charge is -2.24. The second-order valence-electron chi connectivity index (χ2n) is 6.91. The van der Waals surface area contributed by atoms with Crippen LogP contribution in [-0.4, -0.2) is 75.9 Å². The molecule has 4 unspecified atom stereocenters. The third kappa shape index (κ3) is 11.4. The third-order valence-corrected chi connectivity index (χ3v) is 4.09. The number of primary amides is 2. The van der Waals surface area contributed by atoms with Crippen LogP contribution >= 0.6 is 0 Å². The first-order valence-corrected chi connectivity index (χ1v) is 9.42. The van der Waals surface area contributed by atoms with Gasteiger partial charge in [0.2, 0.25) is 29.5 Å². The zero-order valence-corrected chi connectivity index (χ0v) is 17.3. The van der Waals surface area contributed by atoms with Crippen LogP contribution in [0.5, 0.6) is 0 Å². The number of carbonyl (C=O) groups excluding carboxylic acids is 5. The summed E-state index contributed by atoms with van der Waals surface area (Å²) in [5.74, 6) is -7.36. The summed E-state index contributed by atoms with van der Waals surface area (Å²) in [5.41, 5.74) is 15.7. The summed E-state index contributed by atoms with van der Waals surface area (Å²) in [4.78, 5) is 80.9. The molecule has 0 aliphatic heterocycles. The van der Waals surface area contributed by atoms with E-state index in [-0.39, 0.29) is 25.7 Å². The first-order valence-electron chi connectivity index (χ1n) is 9.42. The van der Waals surface area contributed by atoms with Crippen molar-refractivity contribution in [3.05, 3.63) is 0 Å². The second kappa shape index (κ2) is 13.5. The molecule has 0 aromatic carbocycles. The van der Waals surface area contributed by atoms with Gasteiger partial charge < -0.3 is 43.4 Å². The molecule has 0 heterocycles. The van der Waals surface area contributed by atoms with Gasteiger partial charge in [-0.25, -0.2) is 0 Å². The molecule has 5 amide bonds. The van der Waals surface area contributed by atoms with E-state index >= 15 is 0 Å². The van der Waals surface area contributed by atoms with Gasteiger partial charge in [0.05, 0.1) is 12.5 Å². The second-order valence-corrected chi connectivity index (χ2v) is 6.91. The van der Waals surface area contributed by atoms with Crippen LogP contribution in [0.15, 0.2) is 0 Å². The van der Waals surface area contributed by atoms with Crippen molar-refractivity contribution in [2.24, 2.45) is 17.2 Å².